The molecule has 0 radical (unpaired) electrons. The molecule has 3 atom stereocenters. The van der Waals surface area contributed by atoms with Crippen LogP contribution >= 0.6 is 24.0 Å². The van der Waals surface area contributed by atoms with Gasteiger partial charge in [-0.1, -0.05) is 17.7 Å². The third kappa shape index (κ3) is 5.34. The van der Waals surface area contributed by atoms with Gasteiger partial charge in [-0.25, -0.2) is 0 Å². The molecule has 3 unspecified atom stereocenters. The van der Waals surface area contributed by atoms with Gasteiger partial charge in [0.25, 0.3) is 5.91 Å². The lowest BCUT2D eigenvalue weighted by molar-refractivity contribution is -0.128. The van der Waals surface area contributed by atoms with Crippen molar-refractivity contribution in [1.29, 1.82) is 0 Å². The molecule has 1 heterocycles. The van der Waals surface area contributed by atoms with Gasteiger partial charge in [-0.05, 0) is 57.9 Å². The first-order chi connectivity index (χ1) is 9.95. The predicted molar refractivity (Wildman–Crippen MR) is 92.2 cm³/mol. The molecule has 1 fully saturated rings. The molecule has 1 aromatic carbocycles. The van der Waals surface area contributed by atoms with Crippen molar-refractivity contribution in [1.82, 2.24) is 10.6 Å². The standard InChI is InChI=1S/C16H23ClN2O2.ClH/c1-10-4-5-14(17)15(8-10)21-12(3)16(20)19-13-6-7-18-11(2)9-13;/h4-5,8,11-13,18H,6-7,9H2,1-3H3,(H,19,20);1H. The molecule has 2 rings (SSSR count). The van der Waals surface area contributed by atoms with E-state index >= 15 is 0 Å². The Morgan fingerprint density at radius 2 is 2.23 bits per heavy atom. The van der Waals surface area contributed by atoms with Crippen LogP contribution in [0.1, 0.15) is 32.3 Å². The SMILES string of the molecule is Cc1ccc(Cl)c(OC(C)C(=O)NC2CCNC(C)C2)c1.Cl. The Morgan fingerprint density at radius 1 is 1.50 bits per heavy atom. The Hall–Kier alpha value is -0.970. The number of nitrogens with one attached hydrogen (secondary N) is 2. The molecule has 1 saturated heterocycles. The molecule has 22 heavy (non-hydrogen) atoms. The highest BCUT2D eigenvalue weighted by Gasteiger charge is 2.23. The van der Waals surface area contributed by atoms with Gasteiger partial charge in [-0.15, -0.1) is 12.4 Å². The zero-order valence-electron chi connectivity index (χ0n) is 13.2. The number of ether oxygens (including phenoxy) is 1. The topological polar surface area (TPSA) is 50.4 Å². The zero-order valence-corrected chi connectivity index (χ0v) is 14.8. The first kappa shape index (κ1) is 19.1. The maximum Gasteiger partial charge on any atom is 0.260 e. The fourth-order valence-electron chi connectivity index (χ4n) is 2.53. The number of hydrogen-bond donors (Lipinski definition) is 2. The van der Waals surface area contributed by atoms with Crippen LogP contribution in [0.2, 0.25) is 5.02 Å². The Balaban J connectivity index is 0.00000242. The number of halogens is 2. The highest BCUT2D eigenvalue weighted by atomic mass is 35.5. The Kier molecular flexibility index (Phi) is 7.46. The van der Waals surface area contributed by atoms with Crippen LogP contribution in [0.3, 0.4) is 0 Å². The molecule has 1 amide bonds. The molecule has 124 valence electrons. The van der Waals surface area contributed by atoms with Gasteiger partial charge in [0, 0.05) is 12.1 Å². The van der Waals surface area contributed by atoms with E-state index in [2.05, 4.69) is 17.6 Å². The maximum atomic E-state index is 12.2. The summed E-state index contributed by atoms with van der Waals surface area (Å²) in [5.74, 6) is 0.463. The molecule has 2 N–H and O–H groups in total. The molecule has 0 saturated carbocycles. The number of carbonyl (C=O) groups excluding carboxylic acids is 1. The minimum absolute atomic E-state index is 0. The third-order valence-electron chi connectivity index (χ3n) is 3.73. The first-order valence-electron chi connectivity index (χ1n) is 7.42. The van der Waals surface area contributed by atoms with E-state index in [0.717, 1.165) is 24.9 Å². The van der Waals surface area contributed by atoms with Crippen LogP contribution in [-0.4, -0.2) is 30.6 Å². The summed E-state index contributed by atoms with van der Waals surface area (Å²) in [5.41, 5.74) is 1.05. The van der Waals surface area contributed by atoms with E-state index in [-0.39, 0.29) is 24.4 Å². The molecule has 4 nitrogen and oxygen atoms in total. The summed E-state index contributed by atoms with van der Waals surface area (Å²) in [6.45, 7) is 6.78. The van der Waals surface area contributed by atoms with Crippen LogP contribution in [0.4, 0.5) is 0 Å². The van der Waals surface area contributed by atoms with Gasteiger partial charge in [-0.3, -0.25) is 4.79 Å². The second kappa shape index (κ2) is 8.61. The highest BCUT2D eigenvalue weighted by molar-refractivity contribution is 6.32. The third-order valence-corrected chi connectivity index (χ3v) is 4.04. The maximum absolute atomic E-state index is 12.2. The van der Waals surface area contributed by atoms with Gasteiger partial charge in [0.15, 0.2) is 6.10 Å². The summed E-state index contributed by atoms with van der Waals surface area (Å²) in [6, 6.07) is 6.19. The Labute approximate surface area is 143 Å². The minimum atomic E-state index is -0.561. The van der Waals surface area contributed by atoms with E-state index in [4.69, 9.17) is 16.3 Å². The van der Waals surface area contributed by atoms with Crippen molar-refractivity contribution in [3.63, 3.8) is 0 Å². The average Bonchev–Trinajstić information content (AvgIpc) is 2.43. The number of aryl methyl sites for hydroxylation is 1. The van der Waals surface area contributed by atoms with Crippen LogP contribution in [-0.2, 0) is 4.79 Å². The van der Waals surface area contributed by atoms with Crippen LogP contribution < -0.4 is 15.4 Å². The van der Waals surface area contributed by atoms with Crippen molar-refractivity contribution in [2.24, 2.45) is 0 Å². The van der Waals surface area contributed by atoms with Gasteiger partial charge in [0.2, 0.25) is 0 Å². The van der Waals surface area contributed by atoms with Crippen LogP contribution in [0.5, 0.6) is 5.75 Å². The number of piperidine rings is 1. The molecule has 0 aliphatic carbocycles. The van der Waals surface area contributed by atoms with Crippen LogP contribution in [0, 0.1) is 6.92 Å². The van der Waals surface area contributed by atoms with Crippen molar-refractivity contribution < 1.29 is 9.53 Å². The summed E-state index contributed by atoms with van der Waals surface area (Å²) in [4.78, 5) is 12.2. The number of amides is 1. The fourth-order valence-corrected chi connectivity index (χ4v) is 2.69. The molecular weight excluding hydrogens is 323 g/mol. The van der Waals surface area contributed by atoms with Gasteiger partial charge >= 0.3 is 0 Å². The van der Waals surface area contributed by atoms with Crippen LogP contribution in [0.15, 0.2) is 18.2 Å². The largest absolute Gasteiger partial charge is 0.479 e. The number of carbonyl (C=O) groups is 1. The first-order valence-corrected chi connectivity index (χ1v) is 7.80. The summed E-state index contributed by atoms with van der Waals surface area (Å²) in [7, 11) is 0. The molecule has 1 aliphatic rings. The van der Waals surface area contributed by atoms with E-state index in [1.807, 2.05) is 19.1 Å². The van der Waals surface area contributed by atoms with Crippen LogP contribution in [0.25, 0.3) is 0 Å². The lowest BCUT2D eigenvalue weighted by Gasteiger charge is -2.29. The van der Waals surface area contributed by atoms with Crippen molar-refractivity contribution in [2.45, 2.75) is 51.8 Å². The van der Waals surface area contributed by atoms with E-state index in [1.165, 1.54) is 0 Å². The van der Waals surface area contributed by atoms with E-state index in [0.29, 0.717) is 16.8 Å². The van der Waals surface area contributed by atoms with Gasteiger partial charge < -0.3 is 15.4 Å². The smallest absolute Gasteiger partial charge is 0.260 e. The van der Waals surface area contributed by atoms with Gasteiger partial charge in [0.05, 0.1) is 5.02 Å². The number of benzene rings is 1. The molecule has 1 aliphatic heterocycles. The Morgan fingerprint density at radius 3 is 2.91 bits per heavy atom. The zero-order chi connectivity index (χ0) is 15.4. The summed E-state index contributed by atoms with van der Waals surface area (Å²) in [5, 5.41) is 6.95. The lowest BCUT2D eigenvalue weighted by atomic mass is 10.0. The second-order valence-corrected chi connectivity index (χ2v) is 6.19. The molecule has 1 aromatic rings. The van der Waals surface area contributed by atoms with Crippen molar-refractivity contribution in [3.8, 4) is 5.75 Å². The van der Waals surface area contributed by atoms with Crippen molar-refractivity contribution in [2.75, 3.05) is 6.54 Å². The number of hydrogen-bond acceptors (Lipinski definition) is 3. The van der Waals surface area contributed by atoms with Gasteiger partial charge in [-0.2, -0.15) is 0 Å². The molecule has 6 heteroatoms. The second-order valence-electron chi connectivity index (χ2n) is 5.78. The monoisotopic (exact) mass is 346 g/mol. The van der Waals surface area contributed by atoms with Gasteiger partial charge in [0.1, 0.15) is 5.75 Å². The molecule has 0 spiro atoms. The van der Waals surface area contributed by atoms with E-state index < -0.39 is 6.10 Å². The normalized spacial score (nSPS) is 22.4. The number of rotatable bonds is 4. The lowest BCUT2D eigenvalue weighted by Crippen LogP contribution is -2.49. The molecular formula is C16H24Cl2N2O2. The molecule has 0 aromatic heterocycles. The predicted octanol–water partition coefficient (Wildman–Crippen LogP) is 3.09. The van der Waals surface area contributed by atoms with E-state index in [9.17, 15) is 4.79 Å². The summed E-state index contributed by atoms with van der Waals surface area (Å²) >= 11 is 6.09. The quantitative estimate of drug-likeness (QED) is 0.880. The van der Waals surface area contributed by atoms with Crippen molar-refractivity contribution >= 4 is 29.9 Å². The average molecular weight is 347 g/mol. The summed E-state index contributed by atoms with van der Waals surface area (Å²) in [6.07, 6.45) is 1.34. The Bertz CT molecular complexity index is 511. The summed E-state index contributed by atoms with van der Waals surface area (Å²) < 4.78 is 5.70. The highest BCUT2D eigenvalue weighted by Crippen LogP contribution is 2.26. The molecule has 0 bridgehead atoms. The minimum Gasteiger partial charge on any atom is -0.479 e. The van der Waals surface area contributed by atoms with E-state index in [1.54, 1.807) is 13.0 Å². The fraction of sp³-hybridized carbons (Fsp3) is 0.562. The van der Waals surface area contributed by atoms with Crippen molar-refractivity contribution in [3.05, 3.63) is 28.8 Å².